The van der Waals surface area contributed by atoms with Crippen molar-refractivity contribution in [2.75, 3.05) is 39.0 Å². The van der Waals surface area contributed by atoms with Crippen LogP contribution >= 0.6 is 22.7 Å². The third-order valence-corrected chi connectivity index (χ3v) is 9.02. The highest BCUT2D eigenvalue weighted by Crippen LogP contribution is 2.39. The molecule has 8 nitrogen and oxygen atoms in total. The quantitative estimate of drug-likeness (QED) is 0.256. The predicted octanol–water partition coefficient (Wildman–Crippen LogP) is 5.07. The summed E-state index contributed by atoms with van der Waals surface area (Å²) in [5.74, 6) is -0.192. The Morgan fingerprint density at radius 1 is 1.07 bits per heavy atom. The van der Waals surface area contributed by atoms with Gasteiger partial charge in [-0.25, -0.2) is 9.67 Å². The normalized spacial score (nSPS) is 12.1. The van der Waals surface area contributed by atoms with Crippen molar-refractivity contribution in [3.8, 4) is 16.9 Å². The summed E-state index contributed by atoms with van der Waals surface area (Å²) in [6.07, 6.45) is 3.02. The molecule has 2 aromatic carbocycles. The molecule has 0 radical (unpaired) electrons. The van der Waals surface area contributed by atoms with Crippen molar-refractivity contribution in [1.82, 2.24) is 25.0 Å². The van der Waals surface area contributed by atoms with Crippen molar-refractivity contribution in [1.29, 1.82) is 0 Å². The van der Waals surface area contributed by atoms with Crippen LogP contribution in [-0.2, 0) is 24.1 Å². The van der Waals surface area contributed by atoms with E-state index in [9.17, 15) is 4.79 Å². The summed E-state index contributed by atoms with van der Waals surface area (Å²) in [5.41, 5.74) is 7.64. The summed E-state index contributed by atoms with van der Waals surface area (Å²) >= 11 is 3.23. The molecule has 2 N–H and O–H groups in total. The summed E-state index contributed by atoms with van der Waals surface area (Å²) in [6, 6.07) is 18.0. The zero-order chi connectivity index (χ0) is 28.1. The van der Waals surface area contributed by atoms with E-state index in [2.05, 4.69) is 43.7 Å². The van der Waals surface area contributed by atoms with Crippen LogP contribution in [0.5, 0.6) is 0 Å². The molecule has 1 amide bonds. The van der Waals surface area contributed by atoms with Gasteiger partial charge < -0.3 is 20.3 Å². The highest BCUT2D eigenvalue weighted by atomic mass is 32.1. The second-order valence-corrected chi connectivity index (χ2v) is 11.6. The number of aromatic nitrogens is 3. The average molecular weight is 573 g/mol. The van der Waals surface area contributed by atoms with Crippen LogP contribution in [0.25, 0.3) is 27.2 Å². The van der Waals surface area contributed by atoms with Crippen LogP contribution in [0.3, 0.4) is 0 Å². The van der Waals surface area contributed by atoms with Gasteiger partial charge in [0.25, 0.3) is 5.91 Å². The lowest BCUT2D eigenvalue weighted by atomic mass is 9.94. The van der Waals surface area contributed by atoms with Crippen LogP contribution in [0.15, 0.2) is 60.0 Å². The van der Waals surface area contributed by atoms with Crippen LogP contribution in [0.1, 0.15) is 25.9 Å². The lowest BCUT2D eigenvalue weighted by Crippen LogP contribution is -2.29. The molecule has 0 fully saturated rings. The summed E-state index contributed by atoms with van der Waals surface area (Å²) in [4.78, 5) is 29.1. The first-order valence-electron chi connectivity index (χ1n) is 13.2. The highest BCUT2D eigenvalue weighted by molar-refractivity contribution is 7.20. The molecule has 5 aromatic rings. The van der Waals surface area contributed by atoms with Crippen molar-refractivity contribution >= 4 is 51.3 Å². The summed E-state index contributed by atoms with van der Waals surface area (Å²) in [5, 5.41) is 14.0. The smallest absolute Gasteiger partial charge is 0.284 e. The zero-order valence-electron chi connectivity index (χ0n) is 22.6. The van der Waals surface area contributed by atoms with Gasteiger partial charge in [0.05, 0.1) is 27.3 Å². The van der Waals surface area contributed by atoms with E-state index in [-0.39, 0.29) is 5.91 Å². The maximum absolute atomic E-state index is 12.8. The number of thiophene rings is 1. The van der Waals surface area contributed by atoms with Crippen LogP contribution in [-0.4, -0.2) is 66.1 Å². The second-order valence-electron chi connectivity index (χ2n) is 9.59. The van der Waals surface area contributed by atoms with Crippen molar-refractivity contribution < 1.29 is 9.59 Å². The van der Waals surface area contributed by atoms with Crippen molar-refractivity contribution in [3.63, 3.8) is 0 Å². The van der Waals surface area contributed by atoms with E-state index in [1.165, 1.54) is 38.7 Å². The first kappa shape index (κ1) is 27.9. The number of para-hydroxylation sites is 1. The first-order valence-corrected chi connectivity index (χ1v) is 14.9. The van der Waals surface area contributed by atoms with Gasteiger partial charge in [0.15, 0.2) is 5.01 Å². The molecular weight excluding hydrogens is 541 g/mol. The monoisotopic (exact) mass is 572 g/mol. The van der Waals surface area contributed by atoms with Crippen molar-refractivity contribution in [2.45, 2.75) is 19.3 Å². The number of carbonyl (C=O) groups excluding carboxylic acids is 2. The molecule has 0 unspecified atom stereocenters. The van der Waals surface area contributed by atoms with Gasteiger partial charge in [-0.1, -0.05) is 12.1 Å². The molecule has 206 valence electrons. The Labute approximate surface area is 241 Å². The molecule has 40 heavy (non-hydrogen) atoms. The van der Waals surface area contributed by atoms with E-state index < -0.39 is 0 Å². The number of hydrogen-bond acceptors (Lipinski definition) is 8. The van der Waals surface area contributed by atoms with Crippen LogP contribution < -0.4 is 10.6 Å². The largest absolute Gasteiger partial charge is 0.320 e. The molecule has 0 spiro atoms. The summed E-state index contributed by atoms with van der Waals surface area (Å²) in [6.45, 7) is 4.96. The number of amides is 1. The third kappa shape index (κ3) is 5.75. The van der Waals surface area contributed by atoms with Gasteiger partial charge in [-0.15, -0.1) is 22.7 Å². The number of thiazole rings is 1. The summed E-state index contributed by atoms with van der Waals surface area (Å²) < 4.78 is 3.11. The number of nitrogens with zero attached hydrogens (tertiary/aromatic N) is 4. The number of rotatable bonds is 9. The van der Waals surface area contributed by atoms with Crippen molar-refractivity contribution in [2.24, 2.45) is 0 Å². The van der Waals surface area contributed by atoms with Crippen molar-refractivity contribution in [3.05, 3.63) is 81.1 Å². The van der Waals surface area contributed by atoms with Gasteiger partial charge >= 0.3 is 0 Å². The lowest BCUT2D eigenvalue weighted by Gasteiger charge is -2.17. The van der Waals surface area contributed by atoms with E-state index in [1.807, 2.05) is 73.7 Å². The van der Waals surface area contributed by atoms with Gasteiger partial charge in [0, 0.05) is 47.7 Å². The van der Waals surface area contributed by atoms with E-state index in [1.54, 1.807) is 0 Å². The average Bonchev–Trinajstić information content (AvgIpc) is 3.73. The minimum Gasteiger partial charge on any atom is -0.320 e. The fraction of sp³-hybridized carbons (Fsp3) is 0.267. The maximum Gasteiger partial charge on any atom is 0.284 e. The molecule has 0 saturated carbocycles. The number of carbonyl (C=O) groups is 2. The zero-order valence-corrected chi connectivity index (χ0v) is 24.3. The molecule has 1 aliphatic rings. The Kier molecular flexibility index (Phi) is 8.81. The Hall–Kier alpha value is -3.70. The number of aryl methyl sites for hydroxylation is 1. The molecule has 10 heteroatoms. The molecule has 3 aromatic heterocycles. The summed E-state index contributed by atoms with van der Waals surface area (Å²) in [7, 11) is 4.15. The number of benzene rings is 2. The van der Waals surface area contributed by atoms with E-state index >= 15 is 0 Å². The molecule has 6 rings (SSSR count). The number of hydrogen-bond donors (Lipinski definition) is 2. The van der Waals surface area contributed by atoms with Gasteiger partial charge in [-0.05, 0) is 74.8 Å². The van der Waals surface area contributed by atoms with Gasteiger partial charge in [0.1, 0.15) is 6.79 Å². The predicted molar refractivity (Wildman–Crippen MR) is 164 cm³/mol. The Balaban J connectivity index is 0.00000158. The fourth-order valence-electron chi connectivity index (χ4n) is 4.96. The molecule has 3 heterocycles. The fourth-order valence-corrected chi connectivity index (χ4v) is 6.70. The minimum atomic E-state index is -0.192. The molecule has 0 bridgehead atoms. The Morgan fingerprint density at radius 3 is 2.65 bits per heavy atom. The molecule has 1 aliphatic carbocycles. The molecule has 0 atom stereocenters. The standard InChI is InChI=1S/C29H30N6OS2.CH2O/c1-30-15-17-34(2)16-13-23-21-11-12-25-22(14-18-37-25)27(21)35(33-23)20-9-7-19(8-10-20)31-28(36)29-32-24-5-3-4-6-26(24)38-29;1-2/h3-10,14,18,30H,11-13,15-17H2,1-2H3,(H,31,36);1H2. The van der Waals surface area contributed by atoms with Crippen LogP contribution in [0.4, 0.5) is 5.69 Å². The van der Waals surface area contributed by atoms with Crippen LogP contribution in [0, 0.1) is 0 Å². The Morgan fingerprint density at radius 2 is 1.88 bits per heavy atom. The molecule has 0 aliphatic heterocycles. The first-order chi connectivity index (χ1) is 19.6. The Bertz CT molecular complexity index is 1570. The maximum atomic E-state index is 12.8. The third-order valence-electron chi connectivity index (χ3n) is 7.00. The number of likely N-dealkylation sites (N-methyl/N-ethyl adjacent to an activating group) is 2. The van der Waals surface area contributed by atoms with E-state index in [0.29, 0.717) is 5.01 Å². The van der Waals surface area contributed by atoms with Crippen LogP contribution in [0.2, 0.25) is 0 Å². The lowest BCUT2D eigenvalue weighted by molar-refractivity contribution is -0.0980. The topological polar surface area (TPSA) is 92.2 Å². The van der Waals surface area contributed by atoms with Gasteiger partial charge in [-0.3, -0.25) is 4.79 Å². The number of anilines is 1. The van der Waals surface area contributed by atoms with Gasteiger partial charge in [-0.2, -0.15) is 5.10 Å². The number of nitrogens with one attached hydrogen (secondary N) is 2. The second kappa shape index (κ2) is 12.6. The minimum absolute atomic E-state index is 0.192. The number of fused-ring (bicyclic) bond motifs is 4. The molecule has 0 saturated heterocycles. The van der Waals surface area contributed by atoms with E-state index in [0.717, 1.165) is 60.5 Å². The van der Waals surface area contributed by atoms with Gasteiger partial charge in [0.2, 0.25) is 0 Å². The highest BCUT2D eigenvalue weighted by Gasteiger charge is 2.26. The SMILES string of the molecule is C=O.CNCCN(C)CCc1nn(-c2ccc(NC(=O)c3nc4ccccc4s3)cc2)c2c1CCc1sccc1-2. The molecular formula is C30H32N6O2S2. The van der Waals surface area contributed by atoms with E-state index in [4.69, 9.17) is 9.89 Å².